The number of aryl methyl sites for hydroxylation is 1. The topological polar surface area (TPSA) is 40.6 Å². The molecule has 0 N–H and O–H groups in total. The molecule has 2 aliphatic heterocycles. The van der Waals surface area contributed by atoms with Crippen LogP contribution in [-0.4, -0.2) is 35.3 Å². The molecule has 4 nitrogen and oxygen atoms in total. The molecule has 0 aliphatic carbocycles. The van der Waals surface area contributed by atoms with Crippen LogP contribution in [0.3, 0.4) is 0 Å². The number of carbonyl (C=O) groups excluding carboxylic acids is 2. The van der Waals surface area contributed by atoms with E-state index in [9.17, 15) is 9.59 Å². The van der Waals surface area contributed by atoms with Crippen LogP contribution in [0.4, 0.5) is 5.69 Å². The Morgan fingerprint density at radius 3 is 2.50 bits per heavy atom. The maximum atomic E-state index is 12.7. The zero-order valence-corrected chi connectivity index (χ0v) is 12.0. The van der Waals surface area contributed by atoms with Crippen LogP contribution in [0.2, 0.25) is 0 Å². The van der Waals surface area contributed by atoms with E-state index in [0.29, 0.717) is 6.42 Å². The lowest BCUT2D eigenvalue weighted by atomic mass is 10.0. The first kappa shape index (κ1) is 13.2. The second kappa shape index (κ2) is 4.93. The Hall–Kier alpha value is -1.84. The fourth-order valence-corrected chi connectivity index (χ4v) is 3.27. The monoisotopic (exact) mass is 272 g/mol. The first-order chi connectivity index (χ1) is 9.63. The maximum Gasteiger partial charge on any atom is 0.250 e. The second-order valence-corrected chi connectivity index (χ2v) is 5.66. The second-order valence-electron chi connectivity index (χ2n) is 5.66. The molecule has 0 spiro atoms. The molecule has 2 unspecified atom stereocenters. The number of hydrogen-bond acceptors (Lipinski definition) is 2. The molecule has 2 aliphatic rings. The highest BCUT2D eigenvalue weighted by Crippen LogP contribution is 2.31. The van der Waals surface area contributed by atoms with Crippen LogP contribution in [0, 0.1) is 6.92 Å². The highest BCUT2D eigenvalue weighted by Gasteiger charge is 2.47. The van der Waals surface area contributed by atoms with E-state index < -0.39 is 0 Å². The Morgan fingerprint density at radius 2 is 1.85 bits per heavy atom. The minimum absolute atomic E-state index is 0.0813. The van der Waals surface area contributed by atoms with Crippen LogP contribution in [0.5, 0.6) is 0 Å². The van der Waals surface area contributed by atoms with E-state index >= 15 is 0 Å². The third kappa shape index (κ3) is 1.90. The SMILES string of the molecule is CCC1C(=O)N2CCCC2C(=O)N1c1ccc(C)cc1. The minimum Gasteiger partial charge on any atom is -0.329 e. The first-order valence-corrected chi connectivity index (χ1v) is 7.33. The van der Waals surface area contributed by atoms with Gasteiger partial charge in [-0.25, -0.2) is 0 Å². The van der Waals surface area contributed by atoms with E-state index in [0.717, 1.165) is 30.6 Å². The highest BCUT2D eigenvalue weighted by atomic mass is 16.2. The largest absolute Gasteiger partial charge is 0.329 e. The number of rotatable bonds is 2. The Bertz CT molecular complexity index is 538. The molecule has 1 aromatic rings. The van der Waals surface area contributed by atoms with E-state index in [2.05, 4.69) is 0 Å². The lowest BCUT2D eigenvalue weighted by molar-refractivity contribution is -0.144. The maximum absolute atomic E-state index is 12.7. The highest BCUT2D eigenvalue weighted by molar-refractivity contribution is 6.08. The Kier molecular flexibility index (Phi) is 3.24. The van der Waals surface area contributed by atoms with Gasteiger partial charge >= 0.3 is 0 Å². The van der Waals surface area contributed by atoms with Gasteiger partial charge in [-0.2, -0.15) is 0 Å². The van der Waals surface area contributed by atoms with Crippen LogP contribution in [0.25, 0.3) is 0 Å². The lowest BCUT2D eigenvalue weighted by Crippen LogP contribution is -2.62. The average molecular weight is 272 g/mol. The van der Waals surface area contributed by atoms with Gasteiger partial charge in [0.2, 0.25) is 5.91 Å². The van der Waals surface area contributed by atoms with E-state index in [-0.39, 0.29) is 23.9 Å². The van der Waals surface area contributed by atoms with Crippen LogP contribution >= 0.6 is 0 Å². The lowest BCUT2D eigenvalue weighted by Gasteiger charge is -2.42. The molecule has 3 rings (SSSR count). The molecule has 2 heterocycles. The molecule has 106 valence electrons. The van der Waals surface area contributed by atoms with Gasteiger partial charge in [0.25, 0.3) is 5.91 Å². The summed E-state index contributed by atoms with van der Waals surface area (Å²) in [4.78, 5) is 28.8. The van der Waals surface area contributed by atoms with Gasteiger partial charge in [-0.15, -0.1) is 0 Å². The molecule has 0 radical (unpaired) electrons. The summed E-state index contributed by atoms with van der Waals surface area (Å²) in [5.74, 6) is 0.188. The Labute approximate surface area is 119 Å². The molecular formula is C16H20N2O2. The molecule has 2 fully saturated rings. The molecule has 0 bridgehead atoms. The van der Waals surface area contributed by atoms with Crippen molar-refractivity contribution < 1.29 is 9.59 Å². The summed E-state index contributed by atoms with van der Waals surface area (Å²) in [5, 5.41) is 0. The number of benzene rings is 1. The van der Waals surface area contributed by atoms with Gasteiger partial charge in [0.15, 0.2) is 0 Å². The van der Waals surface area contributed by atoms with Crippen LogP contribution in [0.15, 0.2) is 24.3 Å². The molecule has 2 saturated heterocycles. The minimum atomic E-state index is -0.348. The number of amides is 2. The molecular weight excluding hydrogens is 252 g/mol. The summed E-state index contributed by atoms with van der Waals surface area (Å²) >= 11 is 0. The zero-order chi connectivity index (χ0) is 14.3. The summed E-state index contributed by atoms with van der Waals surface area (Å²) in [6.45, 7) is 4.71. The van der Waals surface area contributed by atoms with Crippen LogP contribution < -0.4 is 4.90 Å². The first-order valence-electron chi connectivity index (χ1n) is 7.33. The smallest absolute Gasteiger partial charge is 0.250 e. The summed E-state index contributed by atoms with van der Waals surface area (Å²) in [7, 11) is 0. The van der Waals surface area contributed by atoms with Gasteiger partial charge in [0.05, 0.1) is 0 Å². The van der Waals surface area contributed by atoms with Crippen molar-refractivity contribution >= 4 is 17.5 Å². The van der Waals surface area contributed by atoms with Gasteiger partial charge in [-0.05, 0) is 38.3 Å². The van der Waals surface area contributed by atoms with Crippen molar-refractivity contribution in [2.24, 2.45) is 0 Å². The summed E-state index contributed by atoms with van der Waals surface area (Å²) in [6, 6.07) is 7.26. The van der Waals surface area contributed by atoms with Gasteiger partial charge < -0.3 is 4.90 Å². The molecule has 0 saturated carbocycles. The fraction of sp³-hybridized carbons (Fsp3) is 0.500. The molecule has 2 atom stereocenters. The predicted molar refractivity (Wildman–Crippen MR) is 77.5 cm³/mol. The standard InChI is InChI=1S/C16H20N2O2/c1-3-13-15(19)17-10-4-5-14(17)16(20)18(13)12-8-6-11(2)7-9-12/h6-9,13-14H,3-5,10H2,1-2H3. The van der Waals surface area contributed by atoms with Crippen molar-refractivity contribution in [2.45, 2.75) is 45.2 Å². The Balaban J connectivity index is 2.00. The fourth-order valence-electron chi connectivity index (χ4n) is 3.27. The zero-order valence-electron chi connectivity index (χ0n) is 12.0. The molecule has 20 heavy (non-hydrogen) atoms. The molecule has 2 amide bonds. The van der Waals surface area contributed by atoms with E-state index in [1.54, 1.807) is 9.80 Å². The average Bonchev–Trinajstić information content (AvgIpc) is 2.94. The van der Waals surface area contributed by atoms with Crippen molar-refractivity contribution in [1.29, 1.82) is 0 Å². The number of carbonyl (C=O) groups is 2. The van der Waals surface area contributed by atoms with Crippen molar-refractivity contribution in [1.82, 2.24) is 4.90 Å². The number of nitrogens with zero attached hydrogens (tertiary/aromatic N) is 2. The number of anilines is 1. The quantitative estimate of drug-likeness (QED) is 0.827. The van der Waals surface area contributed by atoms with E-state index in [1.807, 2.05) is 38.1 Å². The molecule has 0 aromatic heterocycles. The van der Waals surface area contributed by atoms with Crippen molar-refractivity contribution in [3.63, 3.8) is 0 Å². The van der Waals surface area contributed by atoms with Gasteiger partial charge in [0, 0.05) is 12.2 Å². The van der Waals surface area contributed by atoms with Crippen molar-refractivity contribution in [3.8, 4) is 0 Å². The summed E-state index contributed by atoms with van der Waals surface area (Å²) in [5.41, 5.74) is 1.99. The number of hydrogen-bond donors (Lipinski definition) is 0. The van der Waals surface area contributed by atoms with Crippen molar-refractivity contribution in [3.05, 3.63) is 29.8 Å². The number of piperazine rings is 1. The van der Waals surface area contributed by atoms with Gasteiger partial charge in [-0.1, -0.05) is 24.6 Å². The van der Waals surface area contributed by atoms with Gasteiger partial charge in [0.1, 0.15) is 12.1 Å². The Morgan fingerprint density at radius 1 is 1.15 bits per heavy atom. The summed E-state index contributed by atoms with van der Waals surface area (Å²) in [6.07, 6.45) is 2.38. The van der Waals surface area contributed by atoms with E-state index in [4.69, 9.17) is 0 Å². The summed E-state index contributed by atoms with van der Waals surface area (Å²) < 4.78 is 0. The third-order valence-corrected chi connectivity index (χ3v) is 4.35. The van der Waals surface area contributed by atoms with Crippen LogP contribution in [0.1, 0.15) is 31.7 Å². The molecule has 4 heteroatoms. The molecule has 1 aromatic carbocycles. The van der Waals surface area contributed by atoms with Crippen molar-refractivity contribution in [2.75, 3.05) is 11.4 Å². The van der Waals surface area contributed by atoms with Gasteiger partial charge in [-0.3, -0.25) is 14.5 Å². The predicted octanol–water partition coefficient (Wildman–Crippen LogP) is 2.11. The van der Waals surface area contributed by atoms with E-state index in [1.165, 1.54) is 0 Å². The number of fused-ring (bicyclic) bond motifs is 1. The normalized spacial score (nSPS) is 26.1. The third-order valence-electron chi connectivity index (χ3n) is 4.35. The van der Waals surface area contributed by atoms with Crippen LogP contribution in [-0.2, 0) is 9.59 Å².